The lowest BCUT2D eigenvalue weighted by Crippen LogP contribution is -2.37. The molecule has 0 radical (unpaired) electrons. The summed E-state index contributed by atoms with van der Waals surface area (Å²) in [6, 6.07) is 1.36. The molecule has 1 aromatic rings. The number of aliphatic hydroxyl groups excluding tert-OH is 1. The molecule has 0 aromatic carbocycles. The maximum absolute atomic E-state index is 12.6. The predicted octanol–water partition coefficient (Wildman–Crippen LogP) is 1.04. The largest absolute Gasteiger partial charge is 0.394 e. The van der Waals surface area contributed by atoms with Gasteiger partial charge in [0.25, 0.3) is 0 Å². The van der Waals surface area contributed by atoms with E-state index < -0.39 is 11.5 Å². The van der Waals surface area contributed by atoms with Crippen molar-refractivity contribution in [3.05, 3.63) is 28.8 Å². The van der Waals surface area contributed by atoms with Crippen LogP contribution in [0.25, 0.3) is 0 Å². The summed E-state index contributed by atoms with van der Waals surface area (Å²) >= 11 is 5.50. The van der Waals surface area contributed by atoms with Crippen LogP contribution in [0.15, 0.2) is 12.3 Å². The summed E-state index contributed by atoms with van der Waals surface area (Å²) in [5, 5.41) is 8.82. The summed E-state index contributed by atoms with van der Waals surface area (Å²) in [5.74, 6) is -0.737. The van der Waals surface area contributed by atoms with Gasteiger partial charge in [-0.2, -0.15) is 4.39 Å². The molecule has 0 amide bonds. The Morgan fingerprint density at radius 3 is 2.85 bits per heavy atom. The number of nitrogens with zero attached hydrogens (tertiary/aromatic N) is 1. The number of halogens is 2. The van der Waals surface area contributed by atoms with Gasteiger partial charge in [-0.25, -0.2) is 4.98 Å². The smallest absolute Gasteiger partial charge is 0.231 e. The van der Waals surface area contributed by atoms with Crippen molar-refractivity contribution >= 4 is 11.6 Å². The zero-order valence-corrected chi connectivity index (χ0v) is 7.85. The second kappa shape index (κ2) is 3.57. The highest BCUT2D eigenvalue weighted by molar-refractivity contribution is 6.30. The summed E-state index contributed by atoms with van der Waals surface area (Å²) < 4.78 is 12.6. The van der Waals surface area contributed by atoms with Crippen LogP contribution >= 0.6 is 11.6 Å². The van der Waals surface area contributed by atoms with Crippen molar-refractivity contribution in [2.75, 3.05) is 6.61 Å². The van der Waals surface area contributed by atoms with Gasteiger partial charge in [-0.15, -0.1) is 0 Å². The van der Waals surface area contributed by atoms with Crippen LogP contribution in [0.5, 0.6) is 0 Å². The summed E-state index contributed by atoms with van der Waals surface area (Å²) in [5.41, 5.74) is 5.25. The topological polar surface area (TPSA) is 59.1 Å². The molecule has 0 aliphatic carbocycles. The van der Waals surface area contributed by atoms with Crippen molar-refractivity contribution < 1.29 is 9.50 Å². The molecule has 3 nitrogen and oxygen atoms in total. The highest BCUT2D eigenvalue weighted by atomic mass is 35.5. The fourth-order valence-corrected chi connectivity index (χ4v) is 0.991. The van der Waals surface area contributed by atoms with Gasteiger partial charge < -0.3 is 10.8 Å². The molecule has 5 heteroatoms. The fraction of sp³-hybridized carbons (Fsp3) is 0.375. The molecule has 0 saturated heterocycles. The molecule has 0 spiro atoms. The molecule has 0 aliphatic heterocycles. The van der Waals surface area contributed by atoms with Gasteiger partial charge in [0.15, 0.2) is 0 Å². The lowest BCUT2D eigenvalue weighted by atomic mass is 9.96. The lowest BCUT2D eigenvalue weighted by Gasteiger charge is -2.21. The molecule has 0 aliphatic rings. The second-order valence-corrected chi connectivity index (χ2v) is 3.48. The van der Waals surface area contributed by atoms with Crippen molar-refractivity contribution in [1.29, 1.82) is 0 Å². The molecular weight excluding hydrogens is 195 g/mol. The minimum atomic E-state index is -0.940. The number of aromatic nitrogens is 1. The van der Waals surface area contributed by atoms with E-state index in [9.17, 15) is 4.39 Å². The second-order valence-electron chi connectivity index (χ2n) is 3.07. The third kappa shape index (κ3) is 2.15. The van der Waals surface area contributed by atoms with Gasteiger partial charge in [0.2, 0.25) is 5.95 Å². The maximum Gasteiger partial charge on any atom is 0.231 e. The third-order valence-corrected chi connectivity index (χ3v) is 2.05. The van der Waals surface area contributed by atoms with Crippen molar-refractivity contribution in [2.45, 2.75) is 12.5 Å². The summed E-state index contributed by atoms with van der Waals surface area (Å²) in [6.45, 7) is 1.36. The Hall–Kier alpha value is -0.710. The SMILES string of the molecule is CC(N)(CO)c1cnc(F)c(Cl)c1. The number of rotatable bonds is 2. The Labute approximate surface area is 80.3 Å². The molecule has 1 rings (SSSR count). The van der Waals surface area contributed by atoms with Gasteiger partial charge in [0.1, 0.15) is 0 Å². The molecule has 13 heavy (non-hydrogen) atoms. The van der Waals surface area contributed by atoms with Crippen LogP contribution in [0.3, 0.4) is 0 Å². The van der Waals surface area contributed by atoms with Gasteiger partial charge in [-0.1, -0.05) is 11.6 Å². The van der Waals surface area contributed by atoms with Crippen LogP contribution in [-0.4, -0.2) is 16.7 Å². The summed E-state index contributed by atoms with van der Waals surface area (Å²) in [6.07, 6.45) is 1.26. The molecule has 1 heterocycles. The predicted molar refractivity (Wildman–Crippen MR) is 47.8 cm³/mol. The van der Waals surface area contributed by atoms with Crippen LogP contribution < -0.4 is 5.73 Å². The quantitative estimate of drug-likeness (QED) is 0.708. The maximum atomic E-state index is 12.6. The average molecular weight is 205 g/mol. The number of aliphatic hydroxyl groups is 1. The van der Waals surface area contributed by atoms with Crippen LogP contribution in [0.1, 0.15) is 12.5 Å². The monoisotopic (exact) mass is 204 g/mol. The van der Waals surface area contributed by atoms with Gasteiger partial charge in [-0.05, 0) is 18.6 Å². The van der Waals surface area contributed by atoms with Crippen LogP contribution in [0.4, 0.5) is 4.39 Å². The molecule has 0 fully saturated rings. The highest BCUT2D eigenvalue weighted by Crippen LogP contribution is 2.21. The molecule has 0 saturated carbocycles. The molecule has 3 N–H and O–H groups in total. The minimum Gasteiger partial charge on any atom is -0.394 e. The van der Waals surface area contributed by atoms with E-state index >= 15 is 0 Å². The molecular formula is C8H10ClFN2O. The summed E-state index contributed by atoms with van der Waals surface area (Å²) in [4.78, 5) is 3.40. The molecule has 1 atom stereocenters. The minimum absolute atomic E-state index is 0.0948. The Balaban J connectivity index is 3.10. The lowest BCUT2D eigenvalue weighted by molar-refractivity contribution is 0.209. The summed E-state index contributed by atoms with van der Waals surface area (Å²) in [7, 11) is 0. The van der Waals surface area contributed by atoms with E-state index in [2.05, 4.69) is 4.98 Å². The van der Waals surface area contributed by atoms with Crippen molar-refractivity contribution in [3.8, 4) is 0 Å². The molecule has 0 bridgehead atoms. The first kappa shape index (κ1) is 10.4. The number of nitrogens with two attached hydrogens (primary N) is 1. The fourth-order valence-electron chi connectivity index (χ4n) is 0.825. The van der Waals surface area contributed by atoms with Crippen molar-refractivity contribution in [3.63, 3.8) is 0 Å². The van der Waals surface area contributed by atoms with Crippen molar-refractivity contribution in [1.82, 2.24) is 4.98 Å². The average Bonchev–Trinajstić information content (AvgIpc) is 2.09. The van der Waals surface area contributed by atoms with E-state index in [1.165, 1.54) is 12.3 Å². The Bertz CT molecular complexity index is 317. The van der Waals surface area contributed by atoms with Crippen LogP contribution in [-0.2, 0) is 5.54 Å². The first-order valence-corrected chi connectivity index (χ1v) is 4.06. The van der Waals surface area contributed by atoms with E-state index in [0.717, 1.165) is 0 Å². The first-order valence-electron chi connectivity index (χ1n) is 3.68. The zero-order valence-electron chi connectivity index (χ0n) is 7.09. The van der Waals surface area contributed by atoms with Crippen LogP contribution in [0.2, 0.25) is 5.02 Å². The zero-order chi connectivity index (χ0) is 10.1. The van der Waals surface area contributed by atoms with E-state index in [0.29, 0.717) is 5.56 Å². The van der Waals surface area contributed by atoms with Gasteiger partial charge in [0, 0.05) is 6.20 Å². The van der Waals surface area contributed by atoms with E-state index in [-0.39, 0.29) is 11.6 Å². The van der Waals surface area contributed by atoms with Crippen molar-refractivity contribution in [2.24, 2.45) is 5.73 Å². The third-order valence-electron chi connectivity index (χ3n) is 1.78. The van der Waals surface area contributed by atoms with E-state index in [1.54, 1.807) is 6.92 Å². The number of pyridine rings is 1. The Kier molecular flexibility index (Phi) is 2.85. The number of hydrogen-bond donors (Lipinski definition) is 2. The van der Waals surface area contributed by atoms with Gasteiger partial charge >= 0.3 is 0 Å². The van der Waals surface area contributed by atoms with Crippen LogP contribution in [0, 0.1) is 5.95 Å². The van der Waals surface area contributed by atoms with Gasteiger partial charge in [0.05, 0.1) is 17.2 Å². The number of hydrogen-bond acceptors (Lipinski definition) is 3. The molecule has 72 valence electrons. The first-order chi connectivity index (χ1) is 5.97. The van der Waals surface area contributed by atoms with Gasteiger partial charge in [-0.3, -0.25) is 0 Å². The molecule has 1 unspecified atom stereocenters. The standard InChI is InChI=1S/C8H10ClFN2O/c1-8(11,4-13)5-2-6(9)7(10)12-3-5/h2-3,13H,4,11H2,1H3. The normalized spacial score (nSPS) is 15.5. The molecule has 1 aromatic heterocycles. The van der Waals surface area contributed by atoms with E-state index in [4.69, 9.17) is 22.4 Å². The Morgan fingerprint density at radius 1 is 1.77 bits per heavy atom. The highest BCUT2D eigenvalue weighted by Gasteiger charge is 2.21. The Morgan fingerprint density at radius 2 is 2.38 bits per heavy atom. The van der Waals surface area contributed by atoms with E-state index in [1.807, 2.05) is 0 Å².